The van der Waals surface area contributed by atoms with Crippen molar-refractivity contribution in [3.8, 4) is 0 Å². The predicted molar refractivity (Wildman–Crippen MR) is 89.6 cm³/mol. The highest BCUT2D eigenvalue weighted by Gasteiger charge is 2.27. The Kier molecular flexibility index (Phi) is 4.66. The third-order valence-corrected chi connectivity index (χ3v) is 5.61. The molecule has 0 amide bonds. The van der Waals surface area contributed by atoms with Gasteiger partial charge in [-0.05, 0) is 48.8 Å². The minimum atomic E-state index is 0.638. The van der Waals surface area contributed by atoms with Gasteiger partial charge in [0.2, 0.25) is 0 Å². The first-order valence-electron chi connectivity index (χ1n) is 8.75. The Morgan fingerprint density at radius 3 is 2.90 bits per heavy atom. The molecule has 116 valence electrons. The molecule has 0 aromatic heterocycles. The fraction of sp³-hybridized carbons (Fsp3) is 0.684. The SMILES string of the molecule is CCC(C)C1CN(Cc2ccc3c(c2)CCC3)C(C)CN1. The summed E-state index contributed by atoms with van der Waals surface area (Å²) in [4.78, 5) is 2.67. The van der Waals surface area contributed by atoms with Gasteiger partial charge in [0.1, 0.15) is 0 Å². The fourth-order valence-electron chi connectivity index (χ4n) is 3.79. The number of fused-ring (bicyclic) bond motifs is 1. The summed E-state index contributed by atoms with van der Waals surface area (Å²) in [5, 5.41) is 3.74. The van der Waals surface area contributed by atoms with Crippen molar-refractivity contribution in [1.29, 1.82) is 0 Å². The maximum absolute atomic E-state index is 3.74. The largest absolute Gasteiger partial charge is 0.311 e. The summed E-state index contributed by atoms with van der Waals surface area (Å²) in [6.45, 7) is 10.5. The van der Waals surface area contributed by atoms with Crippen LogP contribution in [0.15, 0.2) is 18.2 Å². The second kappa shape index (κ2) is 6.50. The molecular weight excluding hydrogens is 256 g/mol. The van der Waals surface area contributed by atoms with Crippen LogP contribution in [-0.2, 0) is 19.4 Å². The molecule has 21 heavy (non-hydrogen) atoms. The van der Waals surface area contributed by atoms with Crippen molar-refractivity contribution >= 4 is 0 Å². The van der Waals surface area contributed by atoms with E-state index in [0.29, 0.717) is 12.1 Å². The molecule has 0 bridgehead atoms. The number of rotatable bonds is 4. The second-order valence-electron chi connectivity index (χ2n) is 7.14. The molecule has 1 aromatic carbocycles. The minimum absolute atomic E-state index is 0.638. The van der Waals surface area contributed by atoms with Crippen LogP contribution in [0.25, 0.3) is 0 Å². The van der Waals surface area contributed by atoms with Gasteiger partial charge in [0.15, 0.2) is 0 Å². The van der Waals surface area contributed by atoms with Crippen molar-refractivity contribution in [2.24, 2.45) is 5.92 Å². The van der Waals surface area contributed by atoms with E-state index in [1.165, 1.54) is 37.8 Å². The van der Waals surface area contributed by atoms with Gasteiger partial charge in [-0.3, -0.25) is 4.90 Å². The van der Waals surface area contributed by atoms with Crippen molar-refractivity contribution in [1.82, 2.24) is 10.2 Å². The van der Waals surface area contributed by atoms with Gasteiger partial charge in [0, 0.05) is 31.7 Å². The molecule has 1 aromatic rings. The first-order valence-corrected chi connectivity index (χ1v) is 8.75. The van der Waals surface area contributed by atoms with Crippen molar-refractivity contribution in [2.45, 2.75) is 65.1 Å². The standard InChI is InChI=1S/C19H30N2/c1-4-14(2)19-13-21(15(3)11-20-19)12-16-8-9-17-6-5-7-18(17)10-16/h8-10,14-15,19-20H,4-7,11-13H2,1-3H3. The zero-order chi connectivity index (χ0) is 14.8. The molecule has 2 heteroatoms. The lowest BCUT2D eigenvalue weighted by Crippen LogP contribution is -2.56. The molecule has 2 nitrogen and oxygen atoms in total. The van der Waals surface area contributed by atoms with Gasteiger partial charge in [0.05, 0.1) is 0 Å². The van der Waals surface area contributed by atoms with Gasteiger partial charge >= 0.3 is 0 Å². The van der Waals surface area contributed by atoms with E-state index in [1.54, 1.807) is 11.1 Å². The molecule has 3 unspecified atom stereocenters. The van der Waals surface area contributed by atoms with Gasteiger partial charge in [-0.1, -0.05) is 38.5 Å². The van der Waals surface area contributed by atoms with Gasteiger partial charge in [-0.15, -0.1) is 0 Å². The highest BCUT2D eigenvalue weighted by atomic mass is 15.2. The highest BCUT2D eigenvalue weighted by molar-refractivity contribution is 5.35. The smallest absolute Gasteiger partial charge is 0.0237 e. The van der Waals surface area contributed by atoms with E-state index in [4.69, 9.17) is 0 Å². The lowest BCUT2D eigenvalue weighted by atomic mass is 9.95. The van der Waals surface area contributed by atoms with Crippen LogP contribution in [-0.4, -0.2) is 30.1 Å². The van der Waals surface area contributed by atoms with Crippen molar-refractivity contribution in [2.75, 3.05) is 13.1 Å². The van der Waals surface area contributed by atoms with Crippen molar-refractivity contribution in [3.05, 3.63) is 34.9 Å². The Hall–Kier alpha value is -0.860. The maximum Gasteiger partial charge on any atom is 0.0237 e. The van der Waals surface area contributed by atoms with Gasteiger partial charge in [-0.25, -0.2) is 0 Å². The van der Waals surface area contributed by atoms with Crippen LogP contribution in [0.5, 0.6) is 0 Å². The predicted octanol–water partition coefficient (Wildman–Crippen LogP) is 3.38. The number of piperazine rings is 1. The Morgan fingerprint density at radius 2 is 2.10 bits per heavy atom. The lowest BCUT2D eigenvalue weighted by Gasteiger charge is -2.41. The van der Waals surface area contributed by atoms with E-state index in [9.17, 15) is 0 Å². The van der Waals surface area contributed by atoms with E-state index in [1.807, 2.05) is 0 Å². The molecule has 1 aliphatic carbocycles. The Bertz CT molecular complexity index is 482. The minimum Gasteiger partial charge on any atom is -0.311 e. The van der Waals surface area contributed by atoms with Gasteiger partial charge in [0.25, 0.3) is 0 Å². The number of hydrogen-bond acceptors (Lipinski definition) is 2. The van der Waals surface area contributed by atoms with Crippen LogP contribution < -0.4 is 5.32 Å². The molecule has 1 fully saturated rings. The van der Waals surface area contributed by atoms with Crippen LogP contribution in [0.3, 0.4) is 0 Å². The summed E-state index contributed by atoms with van der Waals surface area (Å²) >= 11 is 0. The van der Waals surface area contributed by atoms with Crippen molar-refractivity contribution in [3.63, 3.8) is 0 Å². The normalized spacial score (nSPS) is 27.6. The second-order valence-corrected chi connectivity index (χ2v) is 7.14. The van der Waals surface area contributed by atoms with Crippen LogP contribution in [0, 0.1) is 5.92 Å². The molecule has 1 N–H and O–H groups in total. The third kappa shape index (κ3) is 3.32. The van der Waals surface area contributed by atoms with Crippen molar-refractivity contribution < 1.29 is 0 Å². The van der Waals surface area contributed by atoms with Crippen LogP contribution in [0.2, 0.25) is 0 Å². The first-order chi connectivity index (χ1) is 10.2. The van der Waals surface area contributed by atoms with E-state index in [0.717, 1.165) is 19.0 Å². The molecular formula is C19H30N2. The zero-order valence-corrected chi connectivity index (χ0v) is 13.9. The van der Waals surface area contributed by atoms with Crippen LogP contribution in [0.1, 0.15) is 50.3 Å². The number of nitrogens with zero attached hydrogens (tertiary/aromatic N) is 1. The van der Waals surface area contributed by atoms with E-state index < -0.39 is 0 Å². The average Bonchev–Trinajstić information content (AvgIpc) is 2.96. The first kappa shape index (κ1) is 15.1. The zero-order valence-electron chi connectivity index (χ0n) is 13.9. The Morgan fingerprint density at radius 1 is 1.29 bits per heavy atom. The summed E-state index contributed by atoms with van der Waals surface area (Å²) in [6.07, 6.45) is 5.18. The van der Waals surface area contributed by atoms with E-state index >= 15 is 0 Å². The summed E-state index contributed by atoms with van der Waals surface area (Å²) in [6, 6.07) is 8.49. The molecule has 0 spiro atoms. The fourth-order valence-corrected chi connectivity index (χ4v) is 3.79. The number of hydrogen-bond donors (Lipinski definition) is 1. The van der Waals surface area contributed by atoms with E-state index in [2.05, 4.69) is 49.2 Å². The number of benzene rings is 1. The molecule has 3 atom stereocenters. The maximum atomic E-state index is 3.74. The molecule has 0 saturated carbocycles. The van der Waals surface area contributed by atoms with Crippen LogP contribution >= 0.6 is 0 Å². The Labute approximate surface area is 129 Å². The third-order valence-electron chi connectivity index (χ3n) is 5.61. The number of aryl methyl sites for hydroxylation is 2. The molecule has 3 rings (SSSR count). The average molecular weight is 286 g/mol. The quantitative estimate of drug-likeness (QED) is 0.913. The number of nitrogens with one attached hydrogen (secondary N) is 1. The molecule has 1 heterocycles. The Balaban J connectivity index is 1.67. The molecule has 0 radical (unpaired) electrons. The topological polar surface area (TPSA) is 15.3 Å². The molecule has 2 aliphatic rings. The molecule has 1 aliphatic heterocycles. The highest BCUT2D eigenvalue weighted by Crippen LogP contribution is 2.24. The van der Waals surface area contributed by atoms with Gasteiger partial charge < -0.3 is 5.32 Å². The van der Waals surface area contributed by atoms with Crippen LogP contribution in [0.4, 0.5) is 0 Å². The monoisotopic (exact) mass is 286 g/mol. The van der Waals surface area contributed by atoms with Gasteiger partial charge in [-0.2, -0.15) is 0 Å². The van der Waals surface area contributed by atoms with E-state index in [-0.39, 0.29) is 0 Å². The lowest BCUT2D eigenvalue weighted by molar-refractivity contribution is 0.112. The summed E-state index contributed by atoms with van der Waals surface area (Å²) in [5.41, 5.74) is 4.70. The summed E-state index contributed by atoms with van der Waals surface area (Å²) < 4.78 is 0. The summed E-state index contributed by atoms with van der Waals surface area (Å²) in [7, 11) is 0. The summed E-state index contributed by atoms with van der Waals surface area (Å²) in [5.74, 6) is 0.764. The molecule has 1 saturated heterocycles.